The number of fused-ring (bicyclic) bond motifs is 2. The van der Waals surface area contributed by atoms with Crippen molar-refractivity contribution >= 4 is 27.6 Å². The van der Waals surface area contributed by atoms with Crippen LogP contribution >= 0.6 is 0 Å². The number of hydrogen-bond donors (Lipinski definition) is 2. The highest BCUT2D eigenvalue weighted by molar-refractivity contribution is 5.95. The van der Waals surface area contributed by atoms with Crippen LogP contribution in [0, 0.1) is 0 Å². The highest BCUT2D eigenvalue weighted by atomic mass is 16.5. The number of H-pyrrole nitrogens is 1. The van der Waals surface area contributed by atoms with Crippen molar-refractivity contribution in [2.75, 3.05) is 37.0 Å². The van der Waals surface area contributed by atoms with Crippen LogP contribution in [0.2, 0.25) is 0 Å². The maximum absolute atomic E-state index is 12.9. The summed E-state index contributed by atoms with van der Waals surface area (Å²) >= 11 is 0. The first-order chi connectivity index (χ1) is 13.2. The fraction of sp³-hybridized carbons (Fsp3) is 0.200. The van der Waals surface area contributed by atoms with E-state index in [4.69, 9.17) is 10.6 Å². The highest BCUT2D eigenvalue weighted by Gasteiger charge is 2.18. The minimum Gasteiger partial charge on any atom is -0.378 e. The zero-order valence-electron chi connectivity index (χ0n) is 14.7. The number of rotatable bonds is 2. The second-order valence-electron chi connectivity index (χ2n) is 6.65. The number of nitrogen functional groups attached to an aromatic ring is 1. The molecule has 136 valence electrons. The van der Waals surface area contributed by atoms with Gasteiger partial charge in [-0.2, -0.15) is 0 Å². The van der Waals surface area contributed by atoms with Crippen LogP contribution in [-0.4, -0.2) is 40.9 Å². The molecule has 0 unspecified atom stereocenters. The maximum atomic E-state index is 12.9. The van der Waals surface area contributed by atoms with Crippen LogP contribution in [-0.2, 0) is 4.74 Å². The van der Waals surface area contributed by atoms with E-state index in [0.717, 1.165) is 35.2 Å². The molecule has 2 aromatic heterocycles. The van der Waals surface area contributed by atoms with Crippen molar-refractivity contribution in [3.05, 3.63) is 58.9 Å². The Morgan fingerprint density at radius 1 is 1.07 bits per heavy atom. The lowest BCUT2D eigenvalue weighted by atomic mass is 10.1. The summed E-state index contributed by atoms with van der Waals surface area (Å²) in [6.07, 6.45) is 0. The van der Waals surface area contributed by atoms with E-state index in [9.17, 15) is 4.79 Å². The first-order valence-electron chi connectivity index (χ1n) is 8.94. The minimum atomic E-state index is -0.277. The molecule has 1 aliphatic rings. The van der Waals surface area contributed by atoms with Gasteiger partial charge >= 0.3 is 0 Å². The van der Waals surface area contributed by atoms with Gasteiger partial charge in [0.05, 0.1) is 35.3 Å². The number of anilines is 1. The van der Waals surface area contributed by atoms with Gasteiger partial charge in [0.1, 0.15) is 5.82 Å². The maximum Gasteiger partial charge on any atom is 0.280 e. The molecular formula is C20H19N5O2. The lowest BCUT2D eigenvalue weighted by Crippen LogP contribution is -2.36. The van der Waals surface area contributed by atoms with E-state index in [2.05, 4.69) is 20.9 Å². The van der Waals surface area contributed by atoms with Crippen molar-refractivity contribution in [2.45, 2.75) is 0 Å². The van der Waals surface area contributed by atoms with E-state index in [1.54, 1.807) is 0 Å². The Balaban J connectivity index is 1.75. The van der Waals surface area contributed by atoms with Gasteiger partial charge in [-0.25, -0.2) is 9.66 Å². The van der Waals surface area contributed by atoms with E-state index < -0.39 is 0 Å². The molecule has 0 spiro atoms. The van der Waals surface area contributed by atoms with Gasteiger partial charge in [-0.3, -0.25) is 4.79 Å². The smallest absolute Gasteiger partial charge is 0.280 e. The van der Waals surface area contributed by atoms with Gasteiger partial charge in [0.2, 0.25) is 0 Å². The largest absolute Gasteiger partial charge is 0.378 e. The number of benzene rings is 2. The number of aromatic amines is 1. The zero-order chi connectivity index (χ0) is 18.4. The second-order valence-corrected chi connectivity index (χ2v) is 6.65. The van der Waals surface area contributed by atoms with Crippen molar-refractivity contribution in [1.82, 2.24) is 14.6 Å². The summed E-state index contributed by atoms with van der Waals surface area (Å²) in [7, 11) is 0. The zero-order valence-corrected chi connectivity index (χ0v) is 14.7. The Morgan fingerprint density at radius 2 is 1.89 bits per heavy atom. The van der Waals surface area contributed by atoms with E-state index in [0.29, 0.717) is 30.1 Å². The number of nitrogens with one attached hydrogen (secondary N) is 1. The van der Waals surface area contributed by atoms with Gasteiger partial charge in [-0.1, -0.05) is 18.2 Å². The summed E-state index contributed by atoms with van der Waals surface area (Å²) in [5.41, 5.74) is 3.63. The van der Waals surface area contributed by atoms with E-state index in [1.165, 1.54) is 4.68 Å². The molecule has 7 heteroatoms. The van der Waals surface area contributed by atoms with Gasteiger partial charge in [0.25, 0.3) is 5.56 Å². The minimum absolute atomic E-state index is 0.277. The predicted octanol–water partition coefficient (Wildman–Crippen LogP) is 2.10. The first kappa shape index (κ1) is 15.9. The number of imidazole rings is 1. The molecule has 4 aromatic rings. The third kappa shape index (κ3) is 2.55. The van der Waals surface area contributed by atoms with Crippen molar-refractivity contribution in [2.24, 2.45) is 0 Å². The quantitative estimate of drug-likeness (QED) is 0.534. The summed E-state index contributed by atoms with van der Waals surface area (Å²) < 4.78 is 6.68. The molecule has 2 aromatic carbocycles. The highest BCUT2D eigenvalue weighted by Crippen LogP contribution is 2.29. The number of pyridine rings is 1. The van der Waals surface area contributed by atoms with E-state index in [1.807, 2.05) is 42.5 Å². The molecule has 1 aliphatic heterocycles. The molecule has 0 atom stereocenters. The monoisotopic (exact) mass is 361 g/mol. The SMILES string of the molecule is Nn1c(=O)c(-c2nc3ccccc3[nH]2)cc2c(N3CCOCC3)cccc21. The lowest BCUT2D eigenvalue weighted by Gasteiger charge is -2.30. The molecule has 1 saturated heterocycles. The fourth-order valence-electron chi connectivity index (χ4n) is 3.67. The Morgan fingerprint density at radius 3 is 2.70 bits per heavy atom. The van der Waals surface area contributed by atoms with Crippen LogP contribution < -0.4 is 16.3 Å². The van der Waals surface area contributed by atoms with Gasteiger partial charge in [0, 0.05) is 24.2 Å². The van der Waals surface area contributed by atoms with Gasteiger partial charge < -0.3 is 20.5 Å². The second kappa shape index (κ2) is 6.14. The van der Waals surface area contributed by atoms with Gasteiger partial charge in [-0.15, -0.1) is 0 Å². The standard InChI is InChI=1S/C20H19N5O2/c21-25-18-7-3-6-17(24-8-10-27-11-9-24)13(18)12-14(20(25)26)19-22-15-4-1-2-5-16(15)23-19/h1-7,12H,8-11,21H2,(H,22,23). The molecule has 0 amide bonds. The number of para-hydroxylation sites is 2. The average molecular weight is 361 g/mol. The predicted molar refractivity (Wildman–Crippen MR) is 106 cm³/mol. The van der Waals surface area contributed by atoms with E-state index in [-0.39, 0.29) is 5.56 Å². The topological polar surface area (TPSA) is 89.2 Å². The van der Waals surface area contributed by atoms with Crippen LogP contribution in [0.4, 0.5) is 5.69 Å². The van der Waals surface area contributed by atoms with Crippen LogP contribution in [0.3, 0.4) is 0 Å². The van der Waals surface area contributed by atoms with Gasteiger partial charge in [0.15, 0.2) is 0 Å². The van der Waals surface area contributed by atoms with Crippen molar-refractivity contribution in [3.63, 3.8) is 0 Å². The first-order valence-corrected chi connectivity index (χ1v) is 8.94. The van der Waals surface area contributed by atoms with Crippen LogP contribution in [0.1, 0.15) is 0 Å². The van der Waals surface area contributed by atoms with Crippen molar-refractivity contribution in [3.8, 4) is 11.4 Å². The summed E-state index contributed by atoms with van der Waals surface area (Å²) in [5.74, 6) is 6.70. The summed E-state index contributed by atoms with van der Waals surface area (Å²) in [6.45, 7) is 3.00. The Bertz CT molecular complexity index is 1170. The van der Waals surface area contributed by atoms with Crippen LogP contribution in [0.25, 0.3) is 33.3 Å². The fourth-order valence-corrected chi connectivity index (χ4v) is 3.67. The summed E-state index contributed by atoms with van der Waals surface area (Å²) in [4.78, 5) is 23.0. The molecule has 5 rings (SSSR count). The van der Waals surface area contributed by atoms with Gasteiger partial charge in [-0.05, 0) is 30.3 Å². The molecule has 0 bridgehead atoms. The molecule has 1 fully saturated rings. The lowest BCUT2D eigenvalue weighted by molar-refractivity contribution is 0.123. The third-order valence-corrected chi connectivity index (χ3v) is 5.05. The summed E-state index contributed by atoms with van der Waals surface area (Å²) in [5, 5.41) is 0.928. The third-order valence-electron chi connectivity index (χ3n) is 5.05. The molecule has 3 heterocycles. The molecular weight excluding hydrogens is 342 g/mol. The van der Waals surface area contributed by atoms with E-state index >= 15 is 0 Å². The number of morpholine rings is 1. The molecule has 27 heavy (non-hydrogen) atoms. The number of hydrogen-bond acceptors (Lipinski definition) is 5. The molecule has 7 nitrogen and oxygen atoms in total. The normalized spacial score (nSPS) is 14.9. The Hall–Kier alpha value is -3.32. The van der Waals surface area contributed by atoms with Crippen LogP contribution in [0.15, 0.2) is 53.3 Å². The Labute approximate surface area is 155 Å². The number of nitrogens with two attached hydrogens (primary N) is 1. The molecule has 3 N–H and O–H groups in total. The molecule has 0 saturated carbocycles. The average Bonchev–Trinajstić information content (AvgIpc) is 3.15. The van der Waals surface area contributed by atoms with Crippen LogP contribution in [0.5, 0.6) is 0 Å². The molecule has 0 radical (unpaired) electrons. The van der Waals surface area contributed by atoms with Crippen molar-refractivity contribution in [1.29, 1.82) is 0 Å². The Kier molecular flexibility index (Phi) is 3.61. The summed E-state index contributed by atoms with van der Waals surface area (Å²) in [6, 6.07) is 15.4. The number of ether oxygens (including phenoxy) is 1. The number of aromatic nitrogens is 3. The molecule has 0 aliphatic carbocycles. The van der Waals surface area contributed by atoms with Crippen molar-refractivity contribution < 1.29 is 4.74 Å². The number of nitrogens with zero attached hydrogens (tertiary/aromatic N) is 3.